The van der Waals surface area contributed by atoms with E-state index in [0.29, 0.717) is 0 Å². The lowest BCUT2D eigenvalue weighted by molar-refractivity contribution is 0.176. The van der Waals surface area contributed by atoms with E-state index in [2.05, 4.69) is 69.3 Å². The molecule has 0 aliphatic carbocycles. The SMILES string of the molecule is CC(C)(C)C1=N[C@H](Cc2ccccc2)[C@@H](c2ccccc2)O1. The smallest absolute Gasteiger partial charge is 0.189 e. The maximum Gasteiger partial charge on any atom is 0.189 e. The quantitative estimate of drug-likeness (QED) is 0.795. The molecule has 1 heterocycles. The van der Waals surface area contributed by atoms with E-state index in [1.165, 1.54) is 11.1 Å². The predicted molar refractivity (Wildman–Crippen MR) is 91.1 cm³/mol. The maximum atomic E-state index is 6.25. The van der Waals surface area contributed by atoms with Crippen LogP contribution in [0.4, 0.5) is 0 Å². The van der Waals surface area contributed by atoms with Crippen molar-refractivity contribution in [2.45, 2.75) is 39.3 Å². The maximum absolute atomic E-state index is 6.25. The summed E-state index contributed by atoms with van der Waals surface area (Å²) in [6.45, 7) is 6.45. The van der Waals surface area contributed by atoms with Crippen molar-refractivity contribution < 1.29 is 4.74 Å². The Hall–Kier alpha value is -2.09. The molecule has 0 saturated heterocycles. The van der Waals surface area contributed by atoms with Gasteiger partial charge in [0.15, 0.2) is 5.90 Å². The molecule has 0 unspecified atom stereocenters. The zero-order valence-electron chi connectivity index (χ0n) is 13.5. The third-order valence-corrected chi connectivity index (χ3v) is 3.93. The molecule has 2 heteroatoms. The van der Waals surface area contributed by atoms with E-state index in [9.17, 15) is 0 Å². The largest absolute Gasteiger partial charge is 0.470 e. The van der Waals surface area contributed by atoms with Crippen LogP contribution < -0.4 is 0 Å². The average Bonchev–Trinajstić information content (AvgIpc) is 2.93. The van der Waals surface area contributed by atoms with Crippen molar-refractivity contribution in [3.05, 3.63) is 71.8 Å². The van der Waals surface area contributed by atoms with E-state index in [0.717, 1.165) is 12.3 Å². The van der Waals surface area contributed by atoms with Crippen LogP contribution in [0.2, 0.25) is 0 Å². The summed E-state index contributed by atoms with van der Waals surface area (Å²) in [5, 5.41) is 0. The van der Waals surface area contributed by atoms with Crippen molar-refractivity contribution in [1.29, 1.82) is 0 Å². The minimum Gasteiger partial charge on any atom is -0.470 e. The third-order valence-electron chi connectivity index (χ3n) is 3.93. The van der Waals surface area contributed by atoms with E-state index < -0.39 is 0 Å². The first-order valence-corrected chi connectivity index (χ1v) is 7.88. The lowest BCUT2D eigenvalue weighted by atomic mass is 9.96. The van der Waals surface area contributed by atoms with Crippen molar-refractivity contribution in [2.24, 2.45) is 10.4 Å². The Bertz CT molecular complexity index is 640. The summed E-state index contributed by atoms with van der Waals surface area (Å²) >= 11 is 0. The molecule has 0 fully saturated rings. The van der Waals surface area contributed by atoms with Gasteiger partial charge < -0.3 is 4.74 Å². The van der Waals surface area contributed by atoms with Crippen LogP contribution in [0.25, 0.3) is 0 Å². The van der Waals surface area contributed by atoms with Gasteiger partial charge in [-0.1, -0.05) is 81.4 Å². The number of ether oxygens (including phenoxy) is 1. The molecule has 2 atom stereocenters. The molecule has 0 N–H and O–H groups in total. The Kier molecular flexibility index (Phi) is 4.02. The molecule has 114 valence electrons. The van der Waals surface area contributed by atoms with Crippen molar-refractivity contribution in [2.75, 3.05) is 0 Å². The van der Waals surface area contributed by atoms with Gasteiger partial charge in [0.25, 0.3) is 0 Å². The highest BCUT2D eigenvalue weighted by Gasteiger charge is 2.36. The van der Waals surface area contributed by atoms with Gasteiger partial charge in [0.1, 0.15) is 6.10 Å². The molecule has 3 rings (SSSR count). The van der Waals surface area contributed by atoms with Crippen LogP contribution >= 0.6 is 0 Å². The molecule has 2 aromatic carbocycles. The standard InChI is InChI=1S/C20H23NO/c1-20(2,3)19-21-17(14-15-10-6-4-7-11-15)18(22-19)16-12-8-5-9-13-16/h4-13,17-18H,14H2,1-3H3/t17-,18-/m1/s1. The molecule has 0 amide bonds. The highest BCUT2D eigenvalue weighted by atomic mass is 16.5. The molecule has 1 aliphatic rings. The molecular weight excluding hydrogens is 270 g/mol. The van der Waals surface area contributed by atoms with Gasteiger partial charge in [0, 0.05) is 5.41 Å². The second-order valence-electron chi connectivity index (χ2n) is 6.89. The minimum absolute atomic E-state index is 0.00984. The first-order chi connectivity index (χ1) is 10.5. The summed E-state index contributed by atoms with van der Waals surface area (Å²) in [5.74, 6) is 0.863. The number of benzene rings is 2. The Balaban J connectivity index is 1.89. The van der Waals surface area contributed by atoms with E-state index >= 15 is 0 Å². The predicted octanol–water partition coefficient (Wildman–Crippen LogP) is 4.81. The second kappa shape index (κ2) is 5.96. The highest BCUT2D eigenvalue weighted by molar-refractivity contribution is 5.83. The molecule has 22 heavy (non-hydrogen) atoms. The van der Waals surface area contributed by atoms with Gasteiger partial charge in [-0.2, -0.15) is 0 Å². The number of nitrogens with zero attached hydrogens (tertiary/aromatic N) is 1. The summed E-state index contributed by atoms with van der Waals surface area (Å²) in [4.78, 5) is 4.91. The van der Waals surface area contributed by atoms with Crippen molar-refractivity contribution >= 4 is 5.90 Å². The molecule has 0 radical (unpaired) electrons. The lowest BCUT2D eigenvalue weighted by Crippen LogP contribution is -2.21. The molecule has 0 aromatic heterocycles. The fraction of sp³-hybridized carbons (Fsp3) is 0.350. The molecule has 1 aliphatic heterocycles. The summed E-state index contributed by atoms with van der Waals surface area (Å²) in [6.07, 6.45) is 0.913. The zero-order valence-corrected chi connectivity index (χ0v) is 13.5. The molecule has 0 saturated carbocycles. The molecule has 0 spiro atoms. The van der Waals surface area contributed by atoms with E-state index in [-0.39, 0.29) is 17.6 Å². The lowest BCUT2D eigenvalue weighted by Gasteiger charge is -2.21. The molecule has 2 nitrogen and oxygen atoms in total. The van der Waals surface area contributed by atoms with Crippen LogP contribution in [0.3, 0.4) is 0 Å². The van der Waals surface area contributed by atoms with Gasteiger partial charge in [-0.25, -0.2) is 4.99 Å². The fourth-order valence-corrected chi connectivity index (χ4v) is 2.76. The average molecular weight is 293 g/mol. The Morgan fingerprint density at radius 2 is 1.50 bits per heavy atom. The Labute approximate surface area is 132 Å². The minimum atomic E-state index is -0.0571. The summed E-state index contributed by atoms with van der Waals surface area (Å²) < 4.78 is 6.25. The van der Waals surface area contributed by atoms with Crippen LogP contribution in [0.1, 0.15) is 38.0 Å². The van der Waals surface area contributed by atoms with Gasteiger partial charge >= 0.3 is 0 Å². The van der Waals surface area contributed by atoms with E-state index in [1.807, 2.05) is 12.1 Å². The van der Waals surface area contributed by atoms with Gasteiger partial charge in [-0.05, 0) is 17.5 Å². The first kappa shape index (κ1) is 14.8. The van der Waals surface area contributed by atoms with Crippen molar-refractivity contribution in [1.82, 2.24) is 0 Å². The fourth-order valence-electron chi connectivity index (χ4n) is 2.76. The normalized spacial score (nSPS) is 21.3. The zero-order chi connectivity index (χ0) is 15.6. The van der Waals surface area contributed by atoms with Gasteiger partial charge in [-0.15, -0.1) is 0 Å². The second-order valence-corrected chi connectivity index (χ2v) is 6.89. The topological polar surface area (TPSA) is 21.6 Å². The van der Waals surface area contributed by atoms with Crippen LogP contribution in [-0.4, -0.2) is 11.9 Å². The van der Waals surface area contributed by atoms with E-state index in [4.69, 9.17) is 9.73 Å². The monoisotopic (exact) mass is 293 g/mol. The number of aliphatic imine (C=N–C) groups is 1. The van der Waals surface area contributed by atoms with Crippen molar-refractivity contribution in [3.63, 3.8) is 0 Å². The Morgan fingerprint density at radius 3 is 2.09 bits per heavy atom. The molecule has 2 aromatic rings. The van der Waals surface area contributed by atoms with Crippen LogP contribution in [0.15, 0.2) is 65.7 Å². The molecule has 0 bridgehead atoms. The first-order valence-electron chi connectivity index (χ1n) is 7.88. The van der Waals surface area contributed by atoms with Gasteiger partial charge in [0.2, 0.25) is 0 Å². The summed E-state index contributed by atoms with van der Waals surface area (Å²) in [7, 11) is 0. The highest BCUT2D eigenvalue weighted by Crippen LogP contribution is 2.36. The van der Waals surface area contributed by atoms with Gasteiger partial charge in [0.05, 0.1) is 6.04 Å². The van der Waals surface area contributed by atoms with E-state index in [1.54, 1.807) is 0 Å². The van der Waals surface area contributed by atoms with Gasteiger partial charge in [-0.3, -0.25) is 0 Å². The Morgan fingerprint density at radius 1 is 0.909 bits per heavy atom. The number of hydrogen-bond acceptors (Lipinski definition) is 2. The van der Waals surface area contributed by atoms with Crippen LogP contribution in [0, 0.1) is 5.41 Å². The van der Waals surface area contributed by atoms with Crippen molar-refractivity contribution in [3.8, 4) is 0 Å². The molecular formula is C20H23NO. The summed E-state index contributed by atoms with van der Waals surface area (Å²) in [5.41, 5.74) is 2.45. The van der Waals surface area contributed by atoms with Crippen LogP contribution in [0.5, 0.6) is 0 Å². The summed E-state index contributed by atoms with van der Waals surface area (Å²) in [6, 6.07) is 21.1. The number of rotatable bonds is 3. The number of hydrogen-bond donors (Lipinski definition) is 0. The third kappa shape index (κ3) is 3.22. The van der Waals surface area contributed by atoms with Crippen LogP contribution in [-0.2, 0) is 11.2 Å².